The first-order chi connectivity index (χ1) is 12.1. The summed E-state index contributed by atoms with van der Waals surface area (Å²) in [5.74, 6) is -0.946. The molecular weight excluding hydrogens is 371 g/mol. The summed E-state index contributed by atoms with van der Waals surface area (Å²) < 4.78 is 19.9. The quantitative estimate of drug-likeness (QED) is 0.601. The summed E-state index contributed by atoms with van der Waals surface area (Å²) in [7, 11) is -4.67. The second-order valence-corrected chi connectivity index (χ2v) is 10.7. The molecule has 0 radical (unpaired) electrons. The molecule has 3 N–H and O–H groups in total. The van der Waals surface area contributed by atoms with E-state index >= 15 is 0 Å². The van der Waals surface area contributed by atoms with Crippen LogP contribution in [0.4, 0.5) is 0 Å². The van der Waals surface area contributed by atoms with E-state index < -0.39 is 47.0 Å². The fraction of sp³-hybridized carbons (Fsp3) is 0.778. The summed E-state index contributed by atoms with van der Waals surface area (Å²) in [6.45, 7) is 12.2. The smallest absolute Gasteiger partial charge is 0.353 e. The van der Waals surface area contributed by atoms with Gasteiger partial charge in [0.1, 0.15) is 0 Å². The fourth-order valence-electron chi connectivity index (χ4n) is 4.11. The number of nitrogens with zero attached hydrogens (tertiary/aromatic N) is 1. The Morgan fingerprint density at radius 2 is 1.74 bits per heavy atom. The molecular formula is C18H31N2O6P. The number of ether oxygens (including phenoxy) is 1. The zero-order valence-corrected chi connectivity index (χ0v) is 18.0. The van der Waals surface area contributed by atoms with Crippen LogP contribution in [0.3, 0.4) is 0 Å². The monoisotopic (exact) mass is 402 g/mol. The van der Waals surface area contributed by atoms with Crippen LogP contribution in [0.2, 0.25) is 0 Å². The van der Waals surface area contributed by atoms with E-state index in [-0.39, 0.29) is 6.54 Å². The van der Waals surface area contributed by atoms with Crippen LogP contribution in [0.25, 0.3) is 0 Å². The van der Waals surface area contributed by atoms with E-state index in [4.69, 9.17) is 4.74 Å². The van der Waals surface area contributed by atoms with Crippen molar-refractivity contribution in [1.29, 1.82) is 0 Å². The number of H-pyrrole nitrogens is 1. The number of aromatic nitrogens is 2. The van der Waals surface area contributed by atoms with Crippen molar-refractivity contribution in [1.82, 2.24) is 9.55 Å². The Morgan fingerprint density at radius 1 is 1.26 bits per heavy atom. The van der Waals surface area contributed by atoms with E-state index in [2.05, 4.69) is 4.98 Å². The molecule has 1 saturated carbocycles. The van der Waals surface area contributed by atoms with Gasteiger partial charge in [0.05, 0.1) is 12.1 Å². The third-order valence-corrected chi connectivity index (χ3v) is 7.99. The number of nitrogens with one attached hydrogen (secondary N) is 1. The molecule has 1 fully saturated rings. The molecule has 1 aromatic heterocycles. The number of aromatic amines is 1. The van der Waals surface area contributed by atoms with Gasteiger partial charge >= 0.3 is 13.3 Å². The second kappa shape index (κ2) is 6.69. The van der Waals surface area contributed by atoms with Gasteiger partial charge < -0.3 is 19.5 Å². The molecule has 9 heteroatoms. The van der Waals surface area contributed by atoms with Crippen molar-refractivity contribution in [3.05, 3.63) is 32.6 Å². The van der Waals surface area contributed by atoms with Crippen molar-refractivity contribution in [2.24, 2.45) is 17.3 Å². The topological polar surface area (TPSA) is 122 Å². The Labute approximate surface area is 159 Å². The van der Waals surface area contributed by atoms with Gasteiger partial charge in [0.2, 0.25) is 0 Å². The molecule has 0 aromatic carbocycles. The first-order valence-electron chi connectivity index (χ1n) is 9.16. The highest BCUT2D eigenvalue weighted by Crippen LogP contribution is 2.68. The lowest BCUT2D eigenvalue weighted by Gasteiger charge is -2.44. The van der Waals surface area contributed by atoms with Gasteiger partial charge in [-0.25, -0.2) is 4.79 Å². The van der Waals surface area contributed by atoms with Gasteiger partial charge in [-0.3, -0.25) is 13.9 Å². The molecule has 0 spiro atoms. The molecule has 27 heavy (non-hydrogen) atoms. The van der Waals surface area contributed by atoms with Crippen LogP contribution >= 0.6 is 7.60 Å². The Kier molecular flexibility index (Phi) is 5.47. The lowest BCUT2D eigenvalue weighted by atomic mass is 9.94. The highest BCUT2D eigenvalue weighted by Gasteiger charge is 2.69. The maximum Gasteiger partial charge on any atom is 0.357 e. The number of hydrogen-bond donors (Lipinski definition) is 3. The SMILES string of the molecule is Cc1c[nH]c(=O)n(CC2(OC(C(C)C)(C(C)C)P(=O)(O)O)CC2(C)C)c1=O. The maximum atomic E-state index is 12.5. The van der Waals surface area contributed by atoms with Crippen LogP contribution in [-0.4, -0.2) is 30.3 Å². The third kappa shape index (κ3) is 3.48. The summed E-state index contributed by atoms with van der Waals surface area (Å²) in [6.07, 6.45) is 1.84. The molecule has 1 heterocycles. The molecule has 0 aliphatic heterocycles. The van der Waals surface area contributed by atoms with Crippen LogP contribution in [0.15, 0.2) is 15.8 Å². The standard InChI is InChI=1S/C18H31N2O6P/c1-11(2)18(12(3)4,27(23,24)25)26-17(9-16(17,6)7)10-20-14(21)13(5)8-19-15(20)22/h8,11-12H,9-10H2,1-7H3,(H,19,22)(H2,23,24,25). The molecule has 1 aliphatic carbocycles. The third-order valence-electron chi connectivity index (χ3n) is 5.96. The molecule has 1 atom stereocenters. The highest BCUT2D eigenvalue weighted by atomic mass is 31.2. The molecule has 2 rings (SSSR count). The fourth-order valence-corrected chi connectivity index (χ4v) is 5.75. The average molecular weight is 402 g/mol. The Balaban J connectivity index is 2.59. The first kappa shape index (κ1) is 22.1. The van der Waals surface area contributed by atoms with Crippen molar-refractivity contribution in [3.8, 4) is 0 Å². The van der Waals surface area contributed by atoms with Crippen LogP contribution in [0, 0.1) is 24.2 Å². The van der Waals surface area contributed by atoms with Crippen molar-refractivity contribution in [3.63, 3.8) is 0 Å². The lowest BCUT2D eigenvalue weighted by molar-refractivity contribution is -0.137. The molecule has 0 amide bonds. The summed E-state index contributed by atoms with van der Waals surface area (Å²) in [4.78, 5) is 47.6. The van der Waals surface area contributed by atoms with E-state index in [9.17, 15) is 23.9 Å². The number of aryl methyl sites for hydroxylation is 1. The Morgan fingerprint density at radius 3 is 2.11 bits per heavy atom. The predicted octanol–water partition coefficient (Wildman–Crippen LogP) is 2.22. The van der Waals surface area contributed by atoms with Crippen LogP contribution < -0.4 is 11.2 Å². The van der Waals surface area contributed by atoms with Crippen LogP contribution in [-0.2, 0) is 15.8 Å². The van der Waals surface area contributed by atoms with E-state index in [1.807, 2.05) is 13.8 Å². The van der Waals surface area contributed by atoms with Crippen molar-refractivity contribution in [2.45, 2.75) is 72.4 Å². The average Bonchev–Trinajstić information content (AvgIpc) is 3.04. The summed E-state index contributed by atoms with van der Waals surface area (Å²) in [5.41, 5.74) is -2.07. The second-order valence-electron chi connectivity index (χ2n) is 8.93. The number of hydrogen-bond acceptors (Lipinski definition) is 4. The van der Waals surface area contributed by atoms with Gasteiger partial charge in [-0.2, -0.15) is 0 Å². The summed E-state index contributed by atoms with van der Waals surface area (Å²) in [5, 5.41) is -1.71. The molecule has 0 bridgehead atoms. The lowest BCUT2D eigenvalue weighted by Crippen LogP contribution is -2.51. The molecule has 1 aromatic rings. The largest absolute Gasteiger partial charge is 0.357 e. The van der Waals surface area contributed by atoms with E-state index in [0.717, 1.165) is 4.57 Å². The van der Waals surface area contributed by atoms with Crippen molar-refractivity contribution in [2.75, 3.05) is 0 Å². The first-order valence-corrected chi connectivity index (χ1v) is 10.8. The minimum Gasteiger partial charge on any atom is -0.353 e. The van der Waals surface area contributed by atoms with E-state index in [1.54, 1.807) is 34.6 Å². The van der Waals surface area contributed by atoms with Gasteiger partial charge in [0, 0.05) is 11.8 Å². The van der Waals surface area contributed by atoms with Gasteiger partial charge in [0.25, 0.3) is 5.56 Å². The van der Waals surface area contributed by atoms with Gasteiger partial charge in [0.15, 0.2) is 5.34 Å². The summed E-state index contributed by atoms with van der Waals surface area (Å²) >= 11 is 0. The van der Waals surface area contributed by atoms with Crippen LogP contribution in [0.5, 0.6) is 0 Å². The zero-order valence-electron chi connectivity index (χ0n) is 17.1. The molecule has 154 valence electrons. The predicted molar refractivity (Wildman–Crippen MR) is 103 cm³/mol. The molecule has 0 saturated heterocycles. The van der Waals surface area contributed by atoms with Gasteiger partial charge in [-0.05, 0) is 30.6 Å². The maximum absolute atomic E-state index is 12.5. The van der Waals surface area contributed by atoms with Gasteiger partial charge in [-0.1, -0.05) is 41.5 Å². The van der Waals surface area contributed by atoms with Crippen molar-refractivity contribution < 1.29 is 19.1 Å². The van der Waals surface area contributed by atoms with Crippen molar-refractivity contribution >= 4 is 7.60 Å². The number of rotatable bonds is 7. The highest BCUT2D eigenvalue weighted by molar-refractivity contribution is 7.53. The Hall–Kier alpha value is -1.21. The summed E-state index contributed by atoms with van der Waals surface area (Å²) in [6, 6.07) is 0. The zero-order chi connectivity index (χ0) is 21.0. The van der Waals surface area contributed by atoms with Crippen LogP contribution in [0.1, 0.15) is 53.5 Å². The Bertz CT molecular complexity index is 871. The van der Waals surface area contributed by atoms with E-state index in [1.165, 1.54) is 6.20 Å². The minimum absolute atomic E-state index is 0.0585. The van der Waals surface area contributed by atoms with Gasteiger partial charge in [-0.15, -0.1) is 0 Å². The van der Waals surface area contributed by atoms with E-state index in [0.29, 0.717) is 12.0 Å². The molecule has 1 unspecified atom stereocenters. The minimum atomic E-state index is -4.67. The molecule has 8 nitrogen and oxygen atoms in total. The molecule has 1 aliphatic rings. The normalized spacial score (nSPS) is 22.5.